The number of thioether (sulfide) groups is 1. The Morgan fingerprint density at radius 3 is 2.70 bits per heavy atom. The highest BCUT2D eigenvalue weighted by molar-refractivity contribution is 8.01. The summed E-state index contributed by atoms with van der Waals surface area (Å²) in [4.78, 5) is 44.6. The van der Waals surface area contributed by atoms with Crippen molar-refractivity contribution < 1.29 is 34.1 Å². The minimum absolute atomic E-state index is 0.105. The predicted octanol–water partition coefficient (Wildman–Crippen LogP) is -1.81. The van der Waals surface area contributed by atoms with Gasteiger partial charge in [-0.05, 0) is 18.2 Å². The zero-order valence-electron chi connectivity index (χ0n) is 11.7. The van der Waals surface area contributed by atoms with Crippen LogP contribution in [0.2, 0.25) is 0 Å². The van der Waals surface area contributed by atoms with E-state index < -0.39 is 29.4 Å². The van der Waals surface area contributed by atoms with Crippen LogP contribution in [0.1, 0.15) is 16.8 Å². The summed E-state index contributed by atoms with van der Waals surface area (Å²) in [7, 11) is 0. The zero-order valence-corrected chi connectivity index (χ0v) is 12.5. The first-order valence-corrected chi connectivity index (χ1v) is 7.54. The van der Waals surface area contributed by atoms with Crippen LogP contribution in [0.25, 0.3) is 0 Å². The minimum atomic E-state index is -1.57. The maximum Gasteiger partial charge on any atom is 0.262 e. The molecule has 122 valence electrons. The lowest BCUT2D eigenvalue weighted by Gasteiger charge is -2.19. The highest BCUT2D eigenvalue weighted by Gasteiger charge is 2.19. The monoisotopic (exact) mass is 337 g/mol. The number of carboxylic acid groups (broad SMARTS) is 2. The topological polar surface area (TPSA) is 136 Å². The normalized spacial score (nSPS) is 14.2. The summed E-state index contributed by atoms with van der Waals surface area (Å²) in [6, 6.07) is 4.41. The number of anilines is 1. The molecule has 0 spiro atoms. The van der Waals surface area contributed by atoms with Gasteiger partial charge in [-0.3, -0.25) is 9.59 Å². The molecule has 0 fully saturated rings. The molecule has 9 heteroatoms. The Labute approximate surface area is 134 Å². The summed E-state index contributed by atoms with van der Waals surface area (Å²) in [5, 5.41) is 22.5. The quantitative estimate of drug-likeness (QED) is 0.575. The van der Waals surface area contributed by atoms with Crippen molar-refractivity contribution in [2.45, 2.75) is 11.7 Å². The van der Waals surface area contributed by atoms with Crippen molar-refractivity contribution in [1.82, 2.24) is 0 Å². The lowest BCUT2D eigenvalue weighted by molar-refractivity contribution is -0.314. The van der Waals surface area contributed by atoms with E-state index >= 15 is 0 Å². The lowest BCUT2D eigenvalue weighted by Crippen LogP contribution is -2.38. The lowest BCUT2D eigenvalue weighted by atomic mass is 10.1. The number of ketones is 1. The largest absolute Gasteiger partial charge is 0.550 e. The fourth-order valence-electron chi connectivity index (χ4n) is 1.88. The molecule has 0 aromatic heterocycles. The number of carbonyl (C=O) groups excluding carboxylic acids is 4. The van der Waals surface area contributed by atoms with Gasteiger partial charge in [-0.2, -0.15) is 0 Å². The second-order valence-electron chi connectivity index (χ2n) is 4.67. The first-order chi connectivity index (χ1) is 10.9. The third kappa shape index (κ3) is 4.46. The third-order valence-corrected chi connectivity index (χ3v) is 4.16. The maximum atomic E-state index is 12.1. The zero-order chi connectivity index (χ0) is 17.0. The van der Waals surface area contributed by atoms with Gasteiger partial charge in [0.05, 0.1) is 17.4 Å². The number of amides is 1. The first kappa shape index (κ1) is 16.8. The van der Waals surface area contributed by atoms with Gasteiger partial charge in [0.2, 0.25) is 0 Å². The van der Waals surface area contributed by atoms with Crippen molar-refractivity contribution in [1.29, 1.82) is 0 Å². The first-order valence-electron chi connectivity index (χ1n) is 6.49. The number of nitrogens with one attached hydrogen (secondary N) is 1. The molecular formula is C14H11NO7S-2. The molecule has 0 bridgehead atoms. The van der Waals surface area contributed by atoms with E-state index in [1.165, 1.54) is 18.2 Å². The van der Waals surface area contributed by atoms with Gasteiger partial charge in [0.1, 0.15) is 5.75 Å². The molecule has 1 aromatic carbocycles. The Morgan fingerprint density at radius 2 is 2.04 bits per heavy atom. The molecule has 1 N–H and O–H groups in total. The van der Waals surface area contributed by atoms with Crippen LogP contribution in [0.3, 0.4) is 0 Å². The Hall–Kier alpha value is -2.55. The molecule has 0 saturated carbocycles. The van der Waals surface area contributed by atoms with Crippen molar-refractivity contribution in [3.8, 4) is 5.75 Å². The van der Waals surface area contributed by atoms with Crippen molar-refractivity contribution >= 4 is 41.1 Å². The van der Waals surface area contributed by atoms with Gasteiger partial charge in [0.25, 0.3) is 5.91 Å². The number of ether oxygens (including phenoxy) is 1. The molecule has 1 aliphatic heterocycles. The predicted molar refractivity (Wildman–Crippen MR) is 75.8 cm³/mol. The van der Waals surface area contributed by atoms with E-state index in [1.54, 1.807) is 0 Å². The Bertz CT molecular complexity index is 673. The van der Waals surface area contributed by atoms with Crippen molar-refractivity contribution in [3.05, 3.63) is 23.8 Å². The fourth-order valence-corrected chi connectivity index (χ4v) is 2.79. The number of carbonyl (C=O) groups is 4. The van der Waals surface area contributed by atoms with Gasteiger partial charge in [0.15, 0.2) is 12.4 Å². The minimum Gasteiger partial charge on any atom is -0.550 e. The second kappa shape index (κ2) is 7.14. The van der Waals surface area contributed by atoms with Gasteiger partial charge in [-0.25, -0.2) is 0 Å². The number of Topliss-reactive ketones (excluding diaryl/α,β-unsaturated/α-hetero) is 1. The number of hydrogen-bond donors (Lipinski definition) is 1. The van der Waals surface area contributed by atoms with Crippen LogP contribution in [0.4, 0.5) is 5.69 Å². The van der Waals surface area contributed by atoms with Crippen molar-refractivity contribution in [2.24, 2.45) is 0 Å². The number of fused-ring (bicyclic) bond motifs is 1. The summed E-state index contributed by atoms with van der Waals surface area (Å²) < 4.78 is 5.16. The molecule has 0 unspecified atom stereocenters. The summed E-state index contributed by atoms with van der Waals surface area (Å²) >= 11 is 0.648. The van der Waals surface area contributed by atoms with E-state index in [4.69, 9.17) is 4.74 Å². The van der Waals surface area contributed by atoms with Crippen LogP contribution < -0.4 is 20.3 Å². The molecule has 1 amide bonds. The molecule has 1 aliphatic rings. The van der Waals surface area contributed by atoms with Crippen molar-refractivity contribution in [2.75, 3.05) is 17.7 Å². The van der Waals surface area contributed by atoms with Gasteiger partial charge in [0, 0.05) is 23.2 Å². The molecule has 0 radical (unpaired) electrons. The molecule has 8 nitrogen and oxygen atoms in total. The van der Waals surface area contributed by atoms with Crippen LogP contribution in [0, 0.1) is 0 Å². The SMILES string of the molecule is O=C([O-])C[C@@H](SCC(=O)c1ccc2c(c1)NC(=O)CO2)C(=O)[O-]. The molecule has 2 rings (SSSR count). The van der Waals surface area contributed by atoms with Gasteiger partial charge >= 0.3 is 0 Å². The molecule has 1 atom stereocenters. The average Bonchev–Trinajstić information content (AvgIpc) is 2.49. The highest BCUT2D eigenvalue weighted by atomic mass is 32.2. The van der Waals surface area contributed by atoms with Crippen LogP contribution in [0.5, 0.6) is 5.75 Å². The maximum absolute atomic E-state index is 12.1. The summed E-state index contributed by atoms with van der Waals surface area (Å²) in [6.45, 7) is -0.105. The fraction of sp³-hybridized carbons (Fsp3) is 0.286. The molecule has 1 heterocycles. The molecule has 0 saturated heterocycles. The summed E-state index contributed by atoms with van der Waals surface area (Å²) in [5.74, 6) is -3.69. The van der Waals surface area contributed by atoms with E-state index in [9.17, 15) is 29.4 Å². The van der Waals surface area contributed by atoms with Gasteiger partial charge in [-0.1, -0.05) is 0 Å². The Balaban J connectivity index is 2.03. The Morgan fingerprint density at radius 1 is 1.30 bits per heavy atom. The van der Waals surface area contributed by atoms with Crippen molar-refractivity contribution in [3.63, 3.8) is 0 Å². The van der Waals surface area contributed by atoms with E-state index in [-0.39, 0.29) is 23.8 Å². The summed E-state index contributed by atoms with van der Waals surface area (Å²) in [5.41, 5.74) is 0.593. The number of rotatable bonds is 7. The van der Waals surface area contributed by atoms with E-state index in [1.807, 2.05) is 0 Å². The van der Waals surface area contributed by atoms with Crippen LogP contribution in [-0.4, -0.2) is 41.2 Å². The van der Waals surface area contributed by atoms with Gasteiger partial charge < -0.3 is 29.9 Å². The summed E-state index contributed by atoms with van der Waals surface area (Å²) in [6.07, 6.45) is -0.742. The smallest absolute Gasteiger partial charge is 0.262 e. The van der Waals surface area contributed by atoms with E-state index in [0.29, 0.717) is 23.2 Å². The van der Waals surface area contributed by atoms with Crippen LogP contribution in [-0.2, 0) is 14.4 Å². The number of hydrogen-bond acceptors (Lipinski definition) is 8. The number of benzene rings is 1. The molecular weight excluding hydrogens is 326 g/mol. The van der Waals surface area contributed by atoms with Crippen LogP contribution in [0.15, 0.2) is 18.2 Å². The van der Waals surface area contributed by atoms with E-state index in [2.05, 4.69) is 5.32 Å². The third-order valence-electron chi connectivity index (χ3n) is 2.96. The standard InChI is InChI=1S/C14H13NO7S/c16-9(6-23-11(14(20)21)4-13(18)19)7-1-2-10-8(3-7)15-12(17)5-22-10/h1-3,11H,4-6H2,(H,15,17)(H,18,19)(H,20,21)/p-2/t11-/m1/s1. The van der Waals surface area contributed by atoms with Crippen LogP contribution >= 0.6 is 11.8 Å². The van der Waals surface area contributed by atoms with Gasteiger partial charge in [-0.15, -0.1) is 11.8 Å². The highest BCUT2D eigenvalue weighted by Crippen LogP contribution is 2.29. The molecule has 0 aliphatic carbocycles. The Kier molecular flexibility index (Phi) is 5.22. The molecule has 1 aromatic rings. The average molecular weight is 337 g/mol. The number of aliphatic carboxylic acids is 2. The van der Waals surface area contributed by atoms with E-state index in [0.717, 1.165) is 0 Å². The molecule has 23 heavy (non-hydrogen) atoms. The second-order valence-corrected chi connectivity index (χ2v) is 5.86. The number of carboxylic acids is 2.